The van der Waals surface area contributed by atoms with Crippen LogP contribution in [0.2, 0.25) is 0 Å². The molecule has 5 nitrogen and oxygen atoms in total. The zero-order valence-corrected chi connectivity index (χ0v) is 7.54. The van der Waals surface area contributed by atoms with Crippen molar-refractivity contribution in [1.29, 1.82) is 0 Å². The molecule has 0 aromatic heterocycles. The molecule has 0 aromatic rings. The van der Waals surface area contributed by atoms with Crippen molar-refractivity contribution >= 4 is 11.8 Å². The Kier molecular flexibility index (Phi) is 3.25. The smallest absolute Gasteiger partial charge is 0.225 e. The summed E-state index contributed by atoms with van der Waals surface area (Å²) in [6.07, 6.45) is -0.292. The Morgan fingerprint density at radius 2 is 2.54 bits per heavy atom. The molecule has 1 aliphatic rings. The molecule has 0 saturated carbocycles. The Morgan fingerprint density at radius 3 is 3.00 bits per heavy atom. The van der Waals surface area contributed by atoms with Gasteiger partial charge in [0.1, 0.15) is 0 Å². The van der Waals surface area contributed by atoms with Gasteiger partial charge in [-0.3, -0.25) is 9.59 Å². The van der Waals surface area contributed by atoms with Crippen LogP contribution in [0.1, 0.15) is 13.3 Å². The van der Waals surface area contributed by atoms with Crippen molar-refractivity contribution in [3.63, 3.8) is 0 Å². The minimum atomic E-state index is -0.547. The average molecular weight is 186 g/mol. The summed E-state index contributed by atoms with van der Waals surface area (Å²) in [6, 6.07) is 0. The first-order chi connectivity index (χ1) is 6.09. The molecule has 0 spiro atoms. The zero-order chi connectivity index (χ0) is 9.84. The quantitative estimate of drug-likeness (QED) is 0.508. The second-order valence-electron chi connectivity index (χ2n) is 3.30. The molecule has 2 unspecified atom stereocenters. The van der Waals surface area contributed by atoms with E-state index in [0.717, 1.165) is 0 Å². The molecule has 0 aliphatic carbocycles. The van der Waals surface area contributed by atoms with Crippen LogP contribution in [-0.4, -0.2) is 36.1 Å². The third kappa shape index (κ3) is 3.02. The van der Waals surface area contributed by atoms with Crippen LogP contribution in [0, 0.1) is 5.92 Å². The molecule has 2 atom stereocenters. The summed E-state index contributed by atoms with van der Waals surface area (Å²) in [5.74, 6) is -0.525. The lowest BCUT2D eigenvalue weighted by molar-refractivity contribution is -0.126. The standard InChI is InChI=1S/C8H14N2O3/c1-5(11)3-10-8(13)6-2-7(12)9-4-6/h5-6,11H,2-4H2,1H3,(H,9,12)(H,10,13). The Labute approximate surface area is 76.5 Å². The molecule has 0 aromatic carbocycles. The molecule has 5 heteroatoms. The van der Waals surface area contributed by atoms with E-state index in [0.29, 0.717) is 6.54 Å². The monoisotopic (exact) mass is 186 g/mol. The zero-order valence-electron chi connectivity index (χ0n) is 7.54. The lowest BCUT2D eigenvalue weighted by Gasteiger charge is -2.09. The molecular weight excluding hydrogens is 172 g/mol. The predicted molar refractivity (Wildman–Crippen MR) is 45.8 cm³/mol. The summed E-state index contributed by atoms with van der Waals surface area (Å²) >= 11 is 0. The molecule has 1 aliphatic heterocycles. The van der Waals surface area contributed by atoms with E-state index in [2.05, 4.69) is 10.6 Å². The largest absolute Gasteiger partial charge is 0.392 e. The van der Waals surface area contributed by atoms with E-state index in [1.165, 1.54) is 0 Å². The molecule has 0 radical (unpaired) electrons. The van der Waals surface area contributed by atoms with Gasteiger partial charge in [-0.05, 0) is 6.92 Å². The fraction of sp³-hybridized carbons (Fsp3) is 0.750. The van der Waals surface area contributed by atoms with Crippen LogP contribution in [0.25, 0.3) is 0 Å². The van der Waals surface area contributed by atoms with E-state index >= 15 is 0 Å². The number of hydrogen-bond donors (Lipinski definition) is 3. The molecule has 1 saturated heterocycles. The summed E-state index contributed by atoms with van der Waals surface area (Å²) in [5, 5.41) is 14.0. The van der Waals surface area contributed by atoms with Gasteiger partial charge in [0.25, 0.3) is 0 Å². The number of carbonyl (C=O) groups is 2. The minimum Gasteiger partial charge on any atom is -0.392 e. The predicted octanol–water partition coefficient (Wildman–Crippen LogP) is -1.38. The van der Waals surface area contributed by atoms with E-state index < -0.39 is 6.10 Å². The lowest BCUT2D eigenvalue weighted by Crippen LogP contribution is -2.36. The third-order valence-corrected chi connectivity index (χ3v) is 1.92. The molecule has 1 fully saturated rings. The summed E-state index contributed by atoms with van der Waals surface area (Å²) in [4.78, 5) is 22.0. The summed E-state index contributed by atoms with van der Waals surface area (Å²) < 4.78 is 0. The minimum absolute atomic E-state index is 0.0859. The van der Waals surface area contributed by atoms with Crippen LogP contribution in [0.15, 0.2) is 0 Å². The molecule has 3 N–H and O–H groups in total. The fourth-order valence-corrected chi connectivity index (χ4v) is 1.18. The Hall–Kier alpha value is -1.10. The van der Waals surface area contributed by atoms with Crippen molar-refractivity contribution in [2.75, 3.05) is 13.1 Å². The van der Waals surface area contributed by atoms with Crippen LogP contribution in [0.3, 0.4) is 0 Å². The third-order valence-electron chi connectivity index (χ3n) is 1.92. The molecular formula is C8H14N2O3. The maximum absolute atomic E-state index is 11.3. The van der Waals surface area contributed by atoms with Gasteiger partial charge >= 0.3 is 0 Å². The van der Waals surface area contributed by atoms with Gasteiger partial charge < -0.3 is 15.7 Å². The molecule has 1 heterocycles. The average Bonchev–Trinajstić information content (AvgIpc) is 2.47. The first kappa shape index (κ1) is 9.98. The van der Waals surface area contributed by atoms with Crippen LogP contribution in [-0.2, 0) is 9.59 Å². The van der Waals surface area contributed by atoms with E-state index in [9.17, 15) is 9.59 Å². The Balaban J connectivity index is 2.27. The highest BCUT2D eigenvalue weighted by Crippen LogP contribution is 2.08. The van der Waals surface area contributed by atoms with Crippen molar-refractivity contribution < 1.29 is 14.7 Å². The summed E-state index contributed by atoms with van der Waals surface area (Å²) in [7, 11) is 0. The highest BCUT2D eigenvalue weighted by Gasteiger charge is 2.27. The first-order valence-corrected chi connectivity index (χ1v) is 4.32. The van der Waals surface area contributed by atoms with Crippen LogP contribution >= 0.6 is 0 Å². The van der Waals surface area contributed by atoms with Crippen molar-refractivity contribution in [2.45, 2.75) is 19.4 Å². The molecule has 74 valence electrons. The normalized spacial score (nSPS) is 23.8. The van der Waals surface area contributed by atoms with Crippen molar-refractivity contribution in [3.05, 3.63) is 0 Å². The number of aliphatic hydroxyl groups excluding tert-OH is 1. The van der Waals surface area contributed by atoms with Crippen LogP contribution in [0.4, 0.5) is 0 Å². The van der Waals surface area contributed by atoms with Gasteiger partial charge in [-0.25, -0.2) is 0 Å². The first-order valence-electron chi connectivity index (χ1n) is 4.32. The fourth-order valence-electron chi connectivity index (χ4n) is 1.18. The highest BCUT2D eigenvalue weighted by atomic mass is 16.3. The number of nitrogens with one attached hydrogen (secondary N) is 2. The maximum Gasteiger partial charge on any atom is 0.225 e. The molecule has 0 bridgehead atoms. The number of rotatable bonds is 3. The highest BCUT2D eigenvalue weighted by molar-refractivity contribution is 5.89. The molecule has 2 amide bonds. The second-order valence-corrected chi connectivity index (χ2v) is 3.30. The maximum atomic E-state index is 11.3. The van der Waals surface area contributed by atoms with Crippen molar-refractivity contribution in [1.82, 2.24) is 10.6 Å². The van der Waals surface area contributed by atoms with Crippen molar-refractivity contribution in [2.24, 2.45) is 5.92 Å². The van der Waals surface area contributed by atoms with Gasteiger partial charge in [0.15, 0.2) is 0 Å². The van der Waals surface area contributed by atoms with Gasteiger partial charge in [-0.15, -0.1) is 0 Å². The van der Waals surface area contributed by atoms with Gasteiger partial charge in [-0.1, -0.05) is 0 Å². The van der Waals surface area contributed by atoms with E-state index in [4.69, 9.17) is 5.11 Å². The van der Waals surface area contributed by atoms with E-state index in [1.54, 1.807) is 6.92 Å². The van der Waals surface area contributed by atoms with Gasteiger partial charge in [-0.2, -0.15) is 0 Å². The van der Waals surface area contributed by atoms with Gasteiger partial charge in [0, 0.05) is 19.5 Å². The van der Waals surface area contributed by atoms with Gasteiger partial charge in [0.2, 0.25) is 11.8 Å². The number of aliphatic hydroxyl groups is 1. The van der Waals surface area contributed by atoms with E-state index in [-0.39, 0.29) is 30.7 Å². The SMILES string of the molecule is CC(O)CNC(=O)C1CNC(=O)C1. The van der Waals surface area contributed by atoms with Crippen molar-refractivity contribution in [3.8, 4) is 0 Å². The number of amides is 2. The Morgan fingerprint density at radius 1 is 1.85 bits per heavy atom. The lowest BCUT2D eigenvalue weighted by atomic mass is 10.1. The second kappa shape index (κ2) is 4.23. The number of hydrogen-bond acceptors (Lipinski definition) is 3. The molecule has 1 rings (SSSR count). The van der Waals surface area contributed by atoms with Crippen LogP contribution < -0.4 is 10.6 Å². The summed E-state index contributed by atoms with van der Waals surface area (Å²) in [5.41, 5.74) is 0. The summed E-state index contributed by atoms with van der Waals surface area (Å²) in [6.45, 7) is 2.24. The van der Waals surface area contributed by atoms with E-state index in [1.807, 2.05) is 0 Å². The number of carbonyl (C=O) groups excluding carboxylic acids is 2. The molecule has 13 heavy (non-hydrogen) atoms. The topological polar surface area (TPSA) is 78.4 Å². The Bertz CT molecular complexity index is 215. The van der Waals surface area contributed by atoms with Gasteiger partial charge in [0.05, 0.1) is 12.0 Å². The van der Waals surface area contributed by atoms with Crippen LogP contribution in [0.5, 0.6) is 0 Å².